The zero-order valence-corrected chi connectivity index (χ0v) is 11.4. The molecule has 0 aliphatic carbocycles. The normalized spacial score (nSPS) is 9.89. The molecule has 2 aromatic rings. The summed E-state index contributed by atoms with van der Waals surface area (Å²) in [5, 5.41) is 21.4. The lowest BCUT2D eigenvalue weighted by Gasteiger charge is -2.03. The number of aromatic nitrogens is 2. The highest BCUT2D eigenvalue weighted by Gasteiger charge is 2.04. The third-order valence-electron chi connectivity index (χ3n) is 2.36. The highest BCUT2D eigenvalue weighted by molar-refractivity contribution is 7.15. The van der Waals surface area contributed by atoms with E-state index in [9.17, 15) is 0 Å². The zero-order chi connectivity index (χ0) is 13.5. The van der Waals surface area contributed by atoms with Gasteiger partial charge in [0, 0.05) is 6.54 Å². The van der Waals surface area contributed by atoms with Crippen molar-refractivity contribution in [2.24, 2.45) is 0 Å². The lowest BCUT2D eigenvalue weighted by Crippen LogP contribution is -1.95. The summed E-state index contributed by atoms with van der Waals surface area (Å²) in [6, 6.07) is 9.61. The molecule has 6 heteroatoms. The largest absolute Gasteiger partial charge is 0.486 e. The molecule has 0 unspecified atom stereocenters. The fourth-order valence-corrected chi connectivity index (χ4v) is 2.20. The van der Waals surface area contributed by atoms with Crippen LogP contribution in [0.1, 0.15) is 17.5 Å². The number of nitrogens with one attached hydrogen (secondary N) is 1. The van der Waals surface area contributed by atoms with Crippen molar-refractivity contribution in [2.75, 3.05) is 11.9 Å². The second kappa shape index (κ2) is 6.71. The van der Waals surface area contributed by atoms with Crippen LogP contribution in [0.25, 0.3) is 0 Å². The molecular weight excluding hydrogens is 260 g/mol. The Labute approximate surface area is 115 Å². The van der Waals surface area contributed by atoms with Crippen LogP contribution in [-0.4, -0.2) is 16.7 Å². The topological polar surface area (TPSA) is 70.8 Å². The summed E-state index contributed by atoms with van der Waals surface area (Å²) in [4.78, 5) is 0. The first-order chi connectivity index (χ1) is 9.31. The van der Waals surface area contributed by atoms with Crippen molar-refractivity contribution in [3.8, 4) is 11.8 Å². The van der Waals surface area contributed by atoms with Gasteiger partial charge >= 0.3 is 0 Å². The summed E-state index contributed by atoms with van der Waals surface area (Å²) in [5.41, 5.74) is 0.986. The van der Waals surface area contributed by atoms with Crippen molar-refractivity contribution in [1.29, 1.82) is 5.26 Å². The Bertz CT molecular complexity index is 559. The molecule has 19 heavy (non-hydrogen) atoms. The fraction of sp³-hybridized carbons (Fsp3) is 0.308. The first-order valence-electron chi connectivity index (χ1n) is 5.96. The Morgan fingerprint density at radius 2 is 2.11 bits per heavy atom. The van der Waals surface area contributed by atoms with Crippen molar-refractivity contribution in [2.45, 2.75) is 20.0 Å². The number of rotatable bonds is 6. The lowest BCUT2D eigenvalue weighted by atomic mass is 10.2. The molecule has 0 saturated carbocycles. The van der Waals surface area contributed by atoms with E-state index in [1.165, 1.54) is 11.3 Å². The van der Waals surface area contributed by atoms with Crippen LogP contribution in [0.2, 0.25) is 0 Å². The van der Waals surface area contributed by atoms with Crippen molar-refractivity contribution in [1.82, 2.24) is 10.2 Å². The van der Waals surface area contributed by atoms with E-state index in [1.807, 2.05) is 31.2 Å². The molecule has 0 amide bonds. The molecule has 0 spiro atoms. The number of nitriles is 1. The third-order valence-corrected chi connectivity index (χ3v) is 3.22. The van der Waals surface area contributed by atoms with Crippen LogP contribution in [-0.2, 0) is 13.0 Å². The molecular formula is C13H14N4OS. The van der Waals surface area contributed by atoms with Gasteiger partial charge in [0.2, 0.25) is 5.13 Å². The van der Waals surface area contributed by atoms with E-state index in [0.717, 1.165) is 28.0 Å². The van der Waals surface area contributed by atoms with Crippen LogP contribution in [0, 0.1) is 11.3 Å². The highest BCUT2D eigenvalue weighted by Crippen LogP contribution is 2.18. The molecule has 5 nitrogen and oxygen atoms in total. The monoisotopic (exact) mass is 274 g/mol. The van der Waals surface area contributed by atoms with Crippen LogP contribution in [0.15, 0.2) is 24.3 Å². The standard InChI is InChI=1S/C13H14N4OS/c1-2-15-13-17-16-12(19-13)9-18-11-5-3-10(4-6-11)7-8-14/h3-6H,2,7,9H2,1H3,(H,15,17). The van der Waals surface area contributed by atoms with E-state index in [4.69, 9.17) is 10.00 Å². The van der Waals surface area contributed by atoms with E-state index in [2.05, 4.69) is 21.6 Å². The molecule has 0 saturated heterocycles. The zero-order valence-electron chi connectivity index (χ0n) is 10.6. The van der Waals surface area contributed by atoms with Gasteiger partial charge in [-0.1, -0.05) is 23.5 Å². The second-order valence-electron chi connectivity index (χ2n) is 3.80. The molecule has 1 aromatic heterocycles. The Kier molecular flexibility index (Phi) is 4.70. The summed E-state index contributed by atoms with van der Waals surface area (Å²) >= 11 is 1.49. The summed E-state index contributed by atoms with van der Waals surface area (Å²) in [6.45, 7) is 3.25. The maximum absolute atomic E-state index is 8.59. The summed E-state index contributed by atoms with van der Waals surface area (Å²) in [6.07, 6.45) is 0.419. The van der Waals surface area contributed by atoms with Gasteiger partial charge in [0.25, 0.3) is 0 Å². The molecule has 0 aliphatic heterocycles. The van der Waals surface area contributed by atoms with E-state index < -0.39 is 0 Å². The average Bonchev–Trinajstić information content (AvgIpc) is 2.87. The van der Waals surface area contributed by atoms with Crippen LogP contribution >= 0.6 is 11.3 Å². The van der Waals surface area contributed by atoms with Crippen molar-refractivity contribution < 1.29 is 4.74 Å². The van der Waals surface area contributed by atoms with Crippen LogP contribution < -0.4 is 10.1 Å². The third kappa shape index (κ3) is 3.93. The van der Waals surface area contributed by atoms with Crippen LogP contribution in [0.5, 0.6) is 5.75 Å². The number of anilines is 1. The molecule has 0 bridgehead atoms. The van der Waals surface area contributed by atoms with E-state index >= 15 is 0 Å². The number of ether oxygens (including phenoxy) is 1. The van der Waals surface area contributed by atoms with E-state index in [0.29, 0.717) is 13.0 Å². The van der Waals surface area contributed by atoms with Crippen molar-refractivity contribution in [3.05, 3.63) is 34.8 Å². The maximum atomic E-state index is 8.59. The molecule has 0 aliphatic rings. The Hall–Kier alpha value is -2.13. The van der Waals surface area contributed by atoms with Gasteiger partial charge in [0.15, 0.2) is 5.01 Å². The minimum atomic E-state index is 0.403. The quantitative estimate of drug-likeness (QED) is 0.876. The van der Waals surface area contributed by atoms with E-state index in [1.54, 1.807) is 0 Å². The predicted molar refractivity (Wildman–Crippen MR) is 74.2 cm³/mol. The summed E-state index contributed by atoms with van der Waals surface area (Å²) in [7, 11) is 0. The van der Waals surface area contributed by atoms with Gasteiger partial charge in [-0.15, -0.1) is 10.2 Å². The van der Waals surface area contributed by atoms with Gasteiger partial charge in [-0.25, -0.2) is 0 Å². The van der Waals surface area contributed by atoms with Gasteiger partial charge in [-0.2, -0.15) is 5.26 Å². The second-order valence-corrected chi connectivity index (χ2v) is 4.86. The molecule has 0 radical (unpaired) electrons. The lowest BCUT2D eigenvalue weighted by molar-refractivity contribution is 0.304. The van der Waals surface area contributed by atoms with Crippen LogP contribution in [0.4, 0.5) is 5.13 Å². The van der Waals surface area contributed by atoms with Crippen molar-refractivity contribution in [3.63, 3.8) is 0 Å². The van der Waals surface area contributed by atoms with Crippen molar-refractivity contribution >= 4 is 16.5 Å². The Balaban J connectivity index is 1.89. The molecule has 1 N–H and O–H groups in total. The van der Waals surface area contributed by atoms with Gasteiger partial charge in [0.1, 0.15) is 12.4 Å². The van der Waals surface area contributed by atoms with Gasteiger partial charge in [0.05, 0.1) is 12.5 Å². The maximum Gasteiger partial charge on any atom is 0.205 e. The predicted octanol–water partition coefficient (Wildman–Crippen LogP) is 2.61. The molecule has 2 rings (SSSR count). The Morgan fingerprint density at radius 3 is 2.79 bits per heavy atom. The molecule has 0 atom stereocenters. The smallest absolute Gasteiger partial charge is 0.205 e. The van der Waals surface area contributed by atoms with Gasteiger partial charge in [-0.3, -0.25) is 0 Å². The minimum absolute atomic E-state index is 0.403. The van der Waals surface area contributed by atoms with E-state index in [-0.39, 0.29) is 0 Å². The molecule has 0 fully saturated rings. The van der Waals surface area contributed by atoms with Gasteiger partial charge < -0.3 is 10.1 Å². The first-order valence-corrected chi connectivity index (χ1v) is 6.78. The highest BCUT2D eigenvalue weighted by atomic mass is 32.1. The summed E-state index contributed by atoms with van der Waals surface area (Å²) < 4.78 is 5.61. The molecule has 1 aromatic carbocycles. The molecule has 1 heterocycles. The number of nitrogens with zero attached hydrogens (tertiary/aromatic N) is 3. The number of hydrogen-bond acceptors (Lipinski definition) is 6. The van der Waals surface area contributed by atoms with Crippen LogP contribution in [0.3, 0.4) is 0 Å². The Morgan fingerprint density at radius 1 is 1.32 bits per heavy atom. The SMILES string of the molecule is CCNc1nnc(COc2ccc(CC#N)cc2)s1. The first kappa shape index (κ1) is 13.3. The summed E-state index contributed by atoms with van der Waals surface area (Å²) in [5.74, 6) is 0.766. The number of hydrogen-bond donors (Lipinski definition) is 1. The average molecular weight is 274 g/mol. The minimum Gasteiger partial charge on any atom is -0.486 e. The fourth-order valence-electron chi connectivity index (χ4n) is 1.47. The number of benzene rings is 1. The molecule has 98 valence electrons. The van der Waals surface area contributed by atoms with Gasteiger partial charge in [-0.05, 0) is 24.6 Å².